The number of amides is 1. The van der Waals surface area contributed by atoms with E-state index in [2.05, 4.69) is 37.1 Å². The van der Waals surface area contributed by atoms with Crippen LogP contribution in [-0.2, 0) is 14.8 Å². The summed E-state index contributed by atoms with van der Waals surface area (Å²) < 4.78 is 30.8. The zero-order valence-corrected chi connectivity index (χ0v) is 23.1. The number of aromatic nitrogens is 1. The zero-order chi connectivity index (χ0) is 26.6. The van der Waals surface area contributed by atoms with Crippen molar-refractivity contribution in [3.63, 3.8) is 0 Å². The molecule has 9 heteroatoms. The standard InChI is InChI=1S/C28H27BrN4O3S/c1-20-8-7-9-26(16-20)33-21(2)17-23(22(33)3)18-30-31-28(34)19-32(25-14-12-24(29)13-15-25)37(35,36)27-10-5-4-6-11-27/h4-18H,19H2,1-3H3,(H,31,34)/b30-18-. The number of halogens is 1. The molecule has 0 aliphatic carbocycles. The first-order valence-electron chi connectivity index (χ1n) is 11.6. The van der Waals surface area contributed by atoms with Gasteiger partial charge in [-0.2, -0.15) is 5.10 Å². The molecular weight excluding hydrogens is 552 g/mol. The molecule has 0 radical (unpaired) electrons. The molecule has 7 nitrogen and oxygen atoms in total. The quantitative estimate of drug-likeness (QED) is 0.221. The average molecular weight is 580 g/mol. The molecule has 37 heavy (non-hydrogen) atoms. The van der Waals surface area contributed by atoms with Gasteiger partial charge in [0, 0.05) is 27.1 Å². The number of hydrogen-bond donors (Lipinski definition) is 1. The molecule has 1 N–H and O–H groups in total. The van der Waals surface area contributed by atoms with E-state index >= 15 is 0 Å². The van der Waals surface area contributed by atoms with Gasteiger partial charge >= 0.3 is 0 Å². The highest BCUT2D eigenvalue weighted by Crippen LogP contribution is 2.25. The molecule has 0 saturated carbocycles. The van der Waals surface area contributed by atoms with Crippen molar-refractivity contribution >= 4 is 43.8 Å². The van der Waals surface area contributed by atoms with E-state index in [1.807, 2.05) is 45.0 Å². The zero-order valence-electron chi connectivity index (χ0n) is 20.7. The molecule has 1 amide bonds. The van der Waals surface area contributed by atoms with Crippen LogP contribution in [0.5, 0.6) is 0 Å². The average Bonchev–Trinajstić information content (AvgIpc) is 3.16. The minimum Gasteiger partial charge on any atom is -0.318 e. The lowest BCUT2D eigenvalue weighted by Gasteiger charge is -2.23. The molecule has 0 saturated heterocycles. The number of carbonyl (C=O) groups is 1. The Morgan fingerprint density at radius 1 is 0.973 bits per heavy atom. The number of anilines is 1. The van der Waals surface area contributed by atoms with E-state index in [-0.39, 0.29) is 4.90 Å². The largest absolute Gasteiger partial charge is 0.318 e. The van der Waals surface area contributed by atoms with Gasteiger partial charge < -0.3 is 4.57 Å². The number of sulfonamides is 1. The molecule has 0 aliphatic rings. The molecule has 4 rings (SSSR count). The van der Waals surface area contributed by atoms with Crippen LogP contribution in [0.1, 0.15) is 22.5 Å². The molecule has 3 aromatic carbocycles. The molecule has 4 aromatic rings. The van der Waals surface area contributed by atoms with Gasteiger partial charge in [0.25, 0.3) is 15.9 Å². The van der Waals surface area contributed by atoms with Crippen molar-refractivity contribution in [2.45, 2.75) is 25.7 Å². The van der Waals surface area contributed by atoms with Gasteiger partial charge in [-0.15, -0.1) is 0 Å². The fourth-order valence-corrected chi connectivity index (χ4v) is 5.77. The summed E-state index contributed by atoms with van der Waals surface area (Å²) in [6.07, 6.45) is 1.57. The maximum absolute atomic E-state index is 13.4. The predicted octanol–water partition coefficient (Wildman–Crippen LogP) is 5.51. The Hall–Kier alpha value is -3.69. The lowest BCUT2D eigenvalue weighted by molar-refractivity contribution is -0.119. The third-order valence-electron chi connectivity index (χ3n) is 5.86. The van der Waals surface area contributed by atoms with Crippen LogP contribution in [-0.4, -0.2) is 31.7 Å². The van der Waals surface area contributed by atoms with Gasteiger partial charge in [-0.1, -0.05) is 46.3 Å². The summed E-state index contributed by atoms with van der Waals surface area (Å²) >= 11 is 3.36. The molecule has 0 bridgehead atoms. The van der Waals surface area contributed by atoms with Crippen molar-refractivity contribution in [1.29, 1.82) is 0 Å². The molecule has 0 unspecified atom stereocenters. The molecule has 0 atom stereocenters. The van der Waals surface area contributed by atoms with Gasteiger partial charge in [0.1, 0.15) is 6.54 Å². The van der Waals surface area contributed by atoms with Gasteiger partial charge in [0.05, 0.1) is 16.8 Å². The second-order valence-electron chi connectivity index (χ2n) is 8.60. The summed E-state index contributed by atoms with van der Waals surface area (Å²) in [6, 6.07) is 24.9. The SMILES string of the molecule is Cc1cccc(-n2c(C)cc(/C=N\NC(=O)CN(c3ccc(Br)cc3)S(=O)(=O)c3ccccc3)c2C)c1. The molecule has 1 heterocycles. The summed E-state index contributed by atoms with van der Waals surface area (Å²) in [7, 11) is -3.98. The third kappa shape index (κ3) is 6.00. The number of benzene rings is 3. The van der Waals surface area contributed by atoms with Crippen molar-refractivity contribution in [3.05, 3.63) is 112 Å². The maximum atomic E-state index is 13.4. The molecular formula is C28H27BrN4O3S. The highest BCUT2D eigenvalue weighted by molar-refractivity contribution is 9.10. The first kappa shape index (κ1) is 26.4. The highest BCUT2D eigenvalue weighted by Gasteiger charge is 2.27. The number of hydrogen-bond acceptors (Lipinski definition) is 4. The van der Waals surface area contributed by atoms with Gasteiger partial charge in [-0.3, -0.25) is 9.10 Å². The highest BCUT2D eigenvalue weighted by atomic mass is 79.9. The van der Waals surface area contributed by atoms with E-state index in [9.17, 15) is 13.2 Å². The monoisotopic (exact) mass is 578 g/mol. The fraction of sp³-hybridized carbons (Fsp3) is 0.143. The van der Waals surface area contributed by atoms with Gasteiger partial charge in [0.2, 0.25) is 0 Å². The second-order valence-corrected chi connectivity index (χ2v) is 11.4. The van der Waals surface area contributed by atoms with Crippen LogP contribution >= 0.6 is 15.9 Å². The number of rotatable bonds is 8. The Balaban J connectivity index is 1.54. The van der Waals surface area contributed by atoms with Crippen LogP contribution in [0.3, 0.4) is 0 Å². The second kappa shape index (κ2) is 11.1. The van der Waals surface area contributed by atoms with Crippen LogP contribution in [0.15, 0.2) is 99.4 Å². The van der Waals surface area contributed by atoms with E-state index in [0.717, 1.165) is 37.0 Å². The lowest BCUT2D eigenvalue weighted by Crippen LogP contribution is -2.39. The van der Waals surface area contributed by atoms with E-state index in [1.54, 1.807) is 48.7 Å². The van der Waals surface area contributed by atoms with Crippen LogP contribution in [0, 0.1) is 20.8 Å². The first-order chi connectivity index (χ1) is 17.7. The van der Waals surface area contributed by atoms with Crippen molar-refractivity contribution in [2.75, 3.05) is 10.8 Å². The smallest absolute Gasteiger partial charge is 0.264 e. The van der Waals surface area contributed by atoms with E-state index in [4.69, 9.17) is 0 Å². The molecule has 0 fully saturated rings. The van der Waals surface area contributed by atoms with E-state index < -0.39 is 22.5 Å². The van der Waals surface area contributed by atoms with Gasteiger partial charge in [0.15, 0.2) is 0 Å². The Labute approximate surface area is 225 Å². The van der Waals surface area contributed by atoms with Crippen molar-refractivity contribution in [1.82, 2.24) is 9.99 Å². The molecule has 0 spiro atoms. The Morgan fingerprint density at radius 3 is 2.35 bits per heavy atom. The molecule has 1 aromatic heterocycles. The third-order valence-corrected chi connectivity index (χ3v) is 8.17. The number of nitrogens with zero attached hydrogens (tertiary/aromatic N) is 3. The van der Waals surface area contributed by atoms with Crippen molar-refractivity contribution in [2.24, 2.45) is 5.10 Å². The molecule has 0 aliphatic heterocycles. The normalized spacial score (nSPS) is 11.6. The van der Waals surface area contributed by atoms with Crippen molar-refractivity contribution < 1.29 is 13.2 Å². The maximum Gasteiger partial charge on any atom is 0.264 e. The number of carbonyl (C=O) groups excluding carboxylic acids is 1. The van der Waals surface area contributed by atoms with Crippen LogP contribution in [0.2, 0.25) is 0 Å². The lowest BCUT2D eigenvalue weighted by atomic mass is 10.2. The number of aryl methyl sites for hydroxylation is 2. The Bertz CT molecular complexity index is 1550. The minimum atomic E-state index is -3.98. The Kier molecular flexibility index (Phi) is 7.94. The summed E-state index contributed by atoms with van der Waals surface area (Å²) in [5.41, 5.74) is 7.91. The fourth-order valence-electron chi connectivity index (χ4n) is 4.06. The Morgan fingerprint density at radius 2 is 1.68 bits per heavy atom. The van der Waals surface area contributed by atoms with Gasteiger partial charge in [-0.05, 0) is 80.9 Å². The summed E-state index contributed by atoms with van der Waals surface area (Å²) in [4.78, 5) is 12.9. The van der Waals surface area contributed by atoms with Crippen molar-refractivity contribution in [3.8, 4) is 5.69 Å². The number of nitrogens with one attached hydrogen (secondary N) is 1. The minimum absolute atomic E-state index is 0.0952. The topological polar surface area (TPSA) is 83.8 Å². The van der Waals surface area contributed by atoms with Crippen LogP contribution in [0.25, 0.3) is 5.69 Å². The van der Waals surface area contributed by atoms with Crippen LogP contribution in [0.4, 0.5) is 5.69 Å². The van der Waals surface area contributed by atoms with E-state index in [0.29, 0.717) is 5.69 Å². The van der Waals surface area contributed by atoms with E-state index in [1.165, 1.54) is 12.1 Å². The summed E-state index contributed by atoms with van der Waals surface area (Å²) in [5.74, 6) is -0.564. The molecule has 190 valence electrons. The van der Waals surface area contributed by atoms with Gasteiger partial charge in [-0.25, -0.2) is 13.8 Å². The predicted molar refractivity (Wildman–Crippen MR) is 151 cm³/mol. The number of hydrazone groups is 1. The summed E-state index contributed by atoms with van der Waals surface area (Å²) in [6.45, 7) is 5.61. The first-order valence-corrected chi connectivity index (χ1v) is 13.8. The summed E-state index contributed by atoms with van der Waals surface area (Å²) in [5, 5.41) is 4.12. The van der Waals surface area contributed by atoms with Crippen LogP contribution < -0.4 is 9.73 Å².